The molecule has 4 nitrogen and oxygen atoms in total. The Hall–Kier alpha value is -2.05. The second-order valence-corrected chi connectivity index (χ2v) is 7.25. The Balaban J connectivity index is 1.86. The van der Waals surface area contributed by atoms with Crippen molar-refractivity contribution in [2.75, 3.05) is 5.75 Å². The summed E-state index contributed by atoms with van der Waals surface area (Å²) in [5.41, 5.74) is 1.47. The van der Waals surface area contributed by atoms with Gasteiger partial charge in [-0.25, -0.2) is 9.18 Å². The number of halogens is 2. The third-order valence-electron chi connectivity index (χ3n) is 4.00. The van der Waals surface area contributed by atoms with E-state index in [1.807, 2.05) is 0 Å². The van der Waals surface area contributed by atoms with Crippen molar-refractivity contribution >= 4 is 35.2 Å². The number of carboxylic acids is 1. The number of carbonyl (C=O) groups is 2. The van der Waals surface area contributed by atoms with Crippen LogP contribution in [0.15, 0.2) is 48.5 Å². The van der Waals surface area contributed by atoms with Gasteiger partial charge in [0, 0.05) is 10.8 Å². The summed E-state index contributed by atoms with van der Waals surface area (Å²) in [6.45, 7) is 0. The first-order chi connectivity index (χ1) is 12.0. The van der Waals surface area contributed by atoms with Crippen molar-refractivity contribution in [2.45, 2.75) is 17.8 Å². The van der Waals surface area contributed by atoms with Crippen molar-refractivity contribution in [1.82, 2.24) is 4.90 Å². The van der Waals surface area contributed by atoms with Crippen LogP contribution in [-0.4, -0.2) is 33.7 Å². The van der Waals surface area contributed by atoms with Crippen LogP contribution in [0, 0.1) is 5.82 Å². The minimum absolute atomic E-state index is 0.0825. The van der Waals surface area contributed by atoms with Gasteiger partial charge in [0.1, 0.15) is 17.2 Å². The van der Waals surface area contributed by atoms with Gasteiger partial charge in [0.2, 0.25) is 5.91 Å². The maximum absolute atomic E-state index is 13.2. The van der Waals surface area contributed by atoms with Gasteiger partial charge in [-0.3, -0.25) is 4.79 Å². The molecule has 7 heteroatoms. The molecular weight excluding hydrogens is 365 g/mol. The molecule has 2 unspecified atom stereocenters. The Morgan fingerprint density at radius 3 is 2.40 bits per heavy atom. The van der Waals surface area contributed by atoms with Crippen molar-refractivity contribution in [3.05, 3.63) is 70.5 Å². The molecule has 0 aromatic heterocycles. The number of rotatable bonds is 4. The fourth-order valence-electron chi connectivity index (χ4n) is 2.75. The maximum Gasteiger partial charge on any atom is 0.327 e. The Morgan fingerprint density at radius 2 is 1.80 bits per heavy atom. The van der Waals surface area contributed by atoms with Gasteiger partial charge in [-0.1, -0.05) is 35.9 Å². The molecular formula is C18H15ClFNO3S. The molecule has 1 aliphatic rings. The lowest BCUT2D eigenvalue weighted by Crippen LogP contribution is -2.43. The molecule has 1 aliphatic heterocycles. The topological polar surface area (TPSA) is 57.6 Å². The molecule has 1 heterocycles. The Labute approximate surface area is 153 Å². The van der Waals surface area contributed by atoms with E-state index in [0.717, 1.165) is 5.56 Å². The number of benzene rings is 2. The highest BCUT2D eigenvalue weighted by Gasteiger charge is 2.42. The second-order valence-electron chi connectivity index (χ2n) is 5.70. The minimum atomic E-state index is -1.04. The van der Waals surface area contributed by atoms with E-state index >= 15 is 0 Å². The van der Waals surface area contributed by atoms with Gasteiger partial charge in [0.05, 0.1) is 6.42 Å². The van der Waals surface area contributed by atoms with Crippen molar-refractivity contribution in [2.24, 2.45) is 0 Å². The summed E-state index contributed by atoms with van der Waals surface area (Å²) in [6.07, 6.45) is 0.0825. The third kappa shape index (κ3) is 3.96. The van der Waals surface area contributed by atoms with Crippen molar-refractivity contribution < 1.29 is 19.1 Å². The predicted molar refractivity (Wildman–Crippen MR) is 95.0 cm³/mol. The summed E-state index contributed by atoms with van der Waals surface area (Å²) in [6, 6.07) is 11.7. The van der Waals surface area contributed by atoms with Gasteiger partial charge in [0.25, 0.3) is 0 Å². The second kappa shape index (κ2) is 7.45. The first-order valence-corrected chi connectivity index (χ1v) is 9.04. The number of thioether (sulfide) groups is 1. The molecule has 1 fully saturated rings. The first-order valence-electron chi connectivity index (χ1n) is 7.61. The fourth-order valence-corrected chi connectivity index (χ4v) is 4.32. The van der Waals surface area contributed by atoms with Crippen LogP contribution in [0.25, 0.3) is 0 Å². The molecule has 0 radical (unpaired) electrons. The van der Waals surface area contributed by atoms with E-state index < -0.39 is 17.4 Å². The molecule has 1 saturated heterocycles. The van der Waals surface area contributed by atoms with Gasteiger partial charge in [0.15, 0.2) is 0 Å². The summed E-state index contributed by atoms with van der Waals surface area (Å²) in [7, 11) is 0. The zero-order valence-electron chi connectivity index (χ0n) is 13.1. The molecule has 0 spiro atoms. The smallest absolute Gasteiger partial charge is 0.327 e. The van der Waals surface area contributed by atoms with Crippen molar-refractivity contribution in [3.8, 4) is 0 Å². The SMILES string of the molecule is O=C(O)C1CSC(c2ccc(F)cc2)N1C(=O)Cc1ccc(Cl)cc1. The number of hydrogen-bond donors (Lipinski definition) is 1. The van der Waals surface area contributed by atoms with E-state index in [0.29, 0.717) is 16.3 Å². The summed E-state index contributed by atoms with van der Waals surface area (Å²) < 4.78 is 13.2. The summed E-state index contributed by atoms with van der Waals surface area (Å²) in [5, 5.41) is 9.59. The maximum atomic E-state index is 13.2. The molecule has 130 valence electrons. The number of nitrogens with zero attached hydrogens (tertiary/aromatic N) is 1. The quantitative estimate of drug-likeness (QED) is 0.879. The summed E-state index contributed by atoms with van der Waals surface area (Å²) in [5.74, 6) is -1.40. The average molecular weight is 380 g/mol. The number of aliphatic carboxylic acids is 1. The molecule has 0 aliphatic carbocycles. The summed E-state index contributed by atoms with van der Waals surface area (Å²) in [4.78, 5) is 25.8. The predicted octanol–water partition coefficient (Wildman–Crippen LogP) is 3.75. The highest BCUT2D eigenvalue weighted by molar-refractivity contribution is 7.99. The van der Waals surface area contributed by atoms with Crippen LogP contribution in [0.4, 0.5) is 4.39 Å². The number of carboxylic acid groups (broad SMARTS) is 1. The lowest BCUT2D eigenvalue weighted by molar-refractivity contribution is -0.148. The molecule has 2 aromatic carbocycles. The van der Waals surface area contributed by atoms with E-state index in [-0.39, 0.29) is 18.1 Å². The van der Waals surface area contributed by atoms with Crippen LogP contribution < -0.4 is 0 Å². The molecule has 1 N–H and O–H groups in total. The Kier molecular flexibility index (Phi) is 5.30. The fraction of sp³-hybridized carbons (Fsp3) is 0.222. The molecule has 1 amide bonds. The van der Waals surface area contributed by atoms with Crippen molar-refractivity contribution in [1.29, 1.82) is 0 Å². The zero-order chi connectivity index (χ0) is 18.0. The highest BCUT2D eigenvalue weighted by atomic mass is 35.5. The zero-order valence-corrected chi connectivity index (χ0v) is 14.6. The van der Waals surface area contributed by atoms with Gasteiger partial charge in [-0.15, -0.1) is 11.8 Å². The van der Waals surface area contributed by atoms with Crippen LogP contribution in [0.1, 0.15) is 16.5 Å². The normalized spacial score (nSPS) is 19.8. The van der Waals surface area contributed by atoms with Gasteiger partial charge in [-0.2, -0.15) is 0 Å². The number of hydrogen-bond acceptors (Lipinski definition) is 3. The largest absolute Gasteiger partial charge is 0.480 e. The average Bonchev–Trinajstić information content (AvgIpc) is 3.03. The van der Waals surface area contributed by atoms with E-state index in [4.69, 9.17) is 11.6 Å². The van der Waals surface area contributed by atoms with Crippen LogP contribution in [0.3, 0.4) is 0 Å². The van der Waals surface area contributed by atoms with Crippen molar-refractivity contribution in [3.63, 3.8) is 0 Å². The van der Waals surface area contributed by atoms with Gasteiger partial charge >= 0.3 is 5.97 Å². The monoisotopic (exact) mass is 379 g/mol. The number of amides is 1. The van der Waals surface area contributed by atoms with E-state index in [1.165, 1.54) is 28.8 Å². The summed E-state index contributed by atoms with van der Waals surface area (Å²) >= 11 is 7.22. The third-order valence-corrected chi connectivity index (χ3v) is 5.57. The van der Waals surface area contributed by atoms with Crippen LogP contribution >= 0.6 is 23.4 Å². The van der Waals surface area contributed by atoms with Gasteiger partial charge in [-0.05, 0) is 35.4 Å². The van der Waals surface area contributed by atoms with Gasteiger partial charge < -0.3 is 10.0 Å². The minimum Gasteiger partial charge on any atom is -0.480 e. The molecule has 0 bridgehead atoms. The molecule has 2 atom stereocenters. The highest BCUT2D eigenvalue weighted by Crippen LogP contribution is 2.41. The van der Waals surface area contributed by atoms with E-state index in [2.05, 4.69) is 0 Å². The Bertz CT molecular complexity index is 782. The van der Waals surface area contributed by atoms with E-state index in [1.54, 1.807) is 36.4 Å². The van der Waals surface area contributed by atoms with Crippen LogP contribution in [0.5, 0.6) is 0 Å². The lowest BCUT2D eigenvalue weighted by Gasteiger charge is -2.27. The molecule has 25 heavy (non-hydrogen) atoms. The van der Waals surface area contributed by atoms with Crippen LogP contribution in [0.2, 0.25) is 5.02 Å². The standard InChI is InChI=1S/C18H15ClFNO3S/c19-13-5-1-11(2-6-13)9-16(22)21-15(18(23)24)10-25-17(21)12-3-7-14(20)8-4-12/h1-8,15,17H,9-10H2,(H,23,24). The lowest BCUT2D eigenvalue weighted by atomic mass is 10.1. The first kappa shape index (κ1) is 17.8. The van der Waals surface area contributed by atoms with E-state index in [9.17, 15) is 19.1 Å². The molecule has 0 saturated carbocycles. The van der Waals surface area contributed by atoms with Crippen LogP contribution in [-0.2, 0) is 16.0 Å². The Morgan fingerprint density at radius 1 is 1.16 bits per heavy atom. The molecule has 2 aromatic rings. The molecule has 3 rings (SSSR count). The number of carbonyl (C=O) groups excluding carboxylic acids is 1.